The molecule has 1 aromatic carbocycles. The zero-order valence-corrected chi connectivity index (χ0v) is 14.9. The molecule has 0 fully saturated rings. The van der Waals surface area contributed by atoms with Crippen LogP contribution in [0, 0.1) is 0 Å². The summed E-state index contributed by atoms with van der Waals surface area (Å²) in [6, 6.07) is 9.99. The van der Waals surface area contributed by atoms with Crippen molar-refractivity contribution in [2.24, 2.45) is 0 Å². The van der Waals surface area contributed by atoms with Crippen molar-refractivity contribution in [3.05, 3.63) is 54.0 Å². The van der Waals surface area contributed by atoms with Crippen molar-refractivity contribution in [2.45, 2.75) is 38.8 Å². The lowest BCUT2D eigenvalue weighted by Gasteiger charge is -2.28. The molecule has 1 amide bonds. The quantitative estimate of drug-likeness (QED) is 0.777. The zero-order valence-electron chi connectivity index (χ0n) is 14.9. The second-order valence-electron chi connectivity index (χ2n) is 6.23. The number of nitrogens with one attached hydrogen (secondary N) is 1. The van der Waals surface area contributed by atoms with Crippen LogP contribution in [0.15, 0.2) is 47.1 Å². The molecule has 0 saturated heterocycles. The van der Waals surface area contributed by atoms with Gasteiger partial charge in [-0.05, 0) is 38.5 Å². The standard InChI is InChI=1S/C19H23NO5/c1-5-19(2,3)20-17(21)16(13-9-6-7-10-14(13)23-4)25-18(22)15-11-8-12-24-15/h6-12,16H,5H2,1-4H3,(H,20,21)/t16-/m1/s1. The fourth-order valence-corrected chi connectivity index (χ4v) is 2.19. The van der Waals surface area contributed by atoms with Crippen molar-refractivity contribution in [1.29, 1.82) is 0 Å². The van der Waals surface area contributed by atoms with Crippen molar-refractivity contribution in [3.63, 3.8) is 0 Å². The molecule has 2 rings (SSSR count). The van der Waals surface area contributed by atoms with Gasteiger partial charge in [0, 0.05) is 11.1 Å². The van der Waals surface area contributed by atoms with E-state index in [9.17, 15) is 9.59 Å². The van der Waals surface area contributed by atoms with E-state index in [0.717, 1.165) is 6.42 Å². The molecule has 1 aromatic heterocycles. The van der Waals surface area contributed by atoms with E-state index in [-0.39, 0.29) is 5.76 Å². The Morgan fingerprint density at radius 2 is 1.92 bits per heavy atom. The van der Waals surface area contributed by atoms with Gasteiger partial charge in [-0.1, -0.05) is 25.1 Å². The smallest absolute Gasteiger partial charge is 0.375 e. The zero-order chi connectivity index (χ0) is 18.4. The van der Waals surface area contributed by atoms with Gasteiger partial charge < -0.3 is 19.2 Å². The lowest BCUT2D eigenvalue weighted by atomic mass is 10.00. The maximum Gasteiger partial charge on any atom is 0.375 e. The van der Waals surface area contributed by atoms with Gasteiger partial charge in [0.05, 0.1) is 13.4 Å². The fraction of sp³-hybridized carbons (Fsp3) is 0.368. The maximum atomic E-state index is 12.8. The summed E-state index contributed by atoms with van der Waals surface area (Å²) in [4.78, 5) is 25.1. The highest BCUT2D eigenvalue weighted by Crippen LogP contribution is 2.29. The van der Waals surface area contributed by atoms with Crippen LogP contribution in [0.3, 0.4) is 0 Å². The number of benzene rings is 1. The van der Waals surface area contributed by atoms with Crippen LogP contribution in [0.1, 0.15) is 49.4 Å². The Labute approximate surface area is 147 Å². The summed E-state index contributed by atoms with van der Waals surface area (Å²) in [5.41, 5.74) is 0.0309. The Hall–Kier alpha value is -2.76. The number of rotatable bonds is 7. The number of methoxy groups -OCH3 is 1. The Kier molecular flexibility index (Phi) is 5.85. The molecule has 0 bridgehead atoms. The molecule has 2 aromatic rings. The number of amides is 1. The Bertz CT molecular complexity index is 721. The highest BCUT2D eigenvalue weighted by molar-refractivity contribution is 5.91. The second-order valence-corrected chi connectivity index (χ2v) is 6.23. The Balaban J connectivity index is 2.34. The van der Waals surface area contributed by atoms with E-state index in [4.69, 9.17) is 13.9 Å². The summed E-state index contributed by atoms with van der Waals surface area (Å²) in [5.74, 6) is -0.645. The molecule has 0 saturated carbocycles. The van der Waals surface area contributed by atoms with Crippen LogP contribution in [-0.4, -0.2) is 24.5 Å². The highest BCUT2D eigenvalue weighted by atomic mass is 16.6. The minimum absolute atomic E-state index is 0.0300. The molecule has 6 heteroatoms. The summed E-state index contributed by atoms with van der Waals surface area (Å²) >= 11 is 0. The molecule has 25 heavy (non-hydrogen) atoms. The number of carbonyl (C=O) groups is 2. The number of furan rings is 1. The normalized spacial score (nSPS) is 12.3. The molecular formula is C19H23NO5. The van der Waals surface area contributed by atoms with Gasteiger partial charge in [0.15, 0.2) is 0 Å². The van der Waals surface area contributed by atoms with E-state index in [1.54, 1.807) is 30.3 Å². The molecule has 0 radical (unpaired) electrons. The van der Waals surface area contributed by atoms with Crippen LogP contribution in [0.25, 0.3) is 0 Å². The third-order valence-electron chi connectivity index (χ3n) is 3.95. The first-order valence-electron chi connectivity index (χ1n) is 8.07. The number of para-hydroxylation sites is 1. The van der Waals surface area contributed by atoms with E-state index in [1.807, 2.05) is 20.8 Å². The molecule has 134 valence electrons. The fourth-order valence-electron chi connectivity index (χ4n) is 2.19. The van der Waals surface area contributed by atoms with Gasteiger partial charge in [-0.25, -0.2) is 4.79 Å². The van der Waals surface area contributed by atoms with Gasteiger partial charge in [0.1, 0.15) is 5.75 Å². The van der Waals surface area contributed by atoms with Crippen LogP contribution in [0.2, 0.25) is 0 Å². The molecule has 0 aliphatic carbocycles. The van der Waals surface area contributed by atoms with Gasteiger partial charge in [-0.15, -0.1) is 0 Å². The number of esters is 1. The monoisotopic (exact) mass is 345 g/mol. The Morgan fingerprint density at radius 1 is 1.20 bits per heavy atom. The summed E-state index contributed by atoms with van der Waals surface area (Å²) in [5, 5.41) is 2.90. The highest BCUT2D eigenvalue weighted by Gasteiger charge is 2.32. The third-order valence-corrected chi connectivity index (χ3v) is 3.95. The number of carbonyl (C=O) groups excluding carboxylic acids is 2. The summed E-state index contributed by atoms with van der Waals surface area (Å²) in [7, 11) is 1.50. The molecule has 1 atom stereocenters. The molecule has 6 nitrogen and oxygen atoms in total. The molecule has 0 spiro atoms. The minimum atomic E-state index is -1.15. The lowest BCUT2D eigenvalue weighted by molar-refractivity contribution is -0.132. The first kappa shape index (κ1) is 18.6. The lowest BCUT2D eigenvalue weighted by Crippen LogP contribution is -2.45. The van der Waals surface area contributed by atoms with Crippen molar-refractivity contribution in [2.75, 3.05) is 7.11 Å². The number of hydrogen-bond acceptors (Lipinski definition) is 5. The van der Waals surface area contributed by atoms with Crippen molar-refractivity contribution >= 4 is 11.9 Å². The Morgan fingerprint density at radius 3 is 2.52 bits per heavy atom. The van der Waals surface area contributed by atoms with Crippen LogP contribution in [0.5, 0.6) is 5.75 Å². The minimum Gasteiger partial charge on any atom is -0.496 e. The molecule has 0 aliphatic heterocycles. The van der Waals surface area contributed by atoms with E-state index in [0.29, 0.717) is 11.3 Å². The van der Waals surface area contributed by atoms with Gasteiger partial charge >= 0.3 is 5.97 Å². The number of ether oxygens (including phenoxy) is 2. The third kappa shape index (κ3) is 4.62. The van der Waals surface area contributed by atoms with E-state index in [1.165, 1.54) is 19.4 Å². The summed E-state index contributed by atoms with van der Waals surface area (Å²) in [6.07, 6.45) is 0.943. The SMILES string of the molecule is CCC(C)(C)NC(=O)[C@H](OC(=O)c1ccco1)c1ccccc1OC. The molecule has 1 N–H and O–H groups in total. The first-order chi connectivity index (χ1) is 11.9. The van der Waals surface area contributed by atoms with Crippen LogP contribution >= 0.6 is 0 Å². The largest absolute Gasteiger partial charge is 0.496 e. The molecular weight excluding hydrogens is 322 g/mol. The van der Waals surface area contributed by atoms with Crippen LogP contribution in [0.4, 0.5) is 0 Å². The average Bonchev–Trinajstić information content (AvgIpc) is 3.13. The first-order valence-corrected chi connectivity index (χ1v) is 8.07. The van der Waals surface area contributed by atoms with Gasteiger partial charge in [0.25, 0.3) is 5.91 Å². The van der Waals surface area contributed by atoms with E-state index >= 15 is 0 Å². The summed E-state index contributed by atoms with van der Waals surface area (Å²) in [6.45, 7) is 5.77. The van der Waals surface area contributed by atoms with E-state index in [2.05, 4.69) is 5.32 Å². The maximum absolute atomic E-state index is 12.8. The molecule has 1 heterocycles. The van der Waals surface area contributed by atoms with E-state index < -0.39 is 23.5 Å². The van der Waals surface area contributed by atoms with Crippen molar-refractivity contribution in [3.8, 4) is 5.75 Å². The summed E-state index contributed by atoms with van der Waals surface area (Å²) < 4.78 is 15.8. The van der Waals surface area contributed by atoms with Crippen LogP contribution in [-0.2, 0) is 9.53 Å². The topological polar surface area (TPSA) is 77.8 Å². The van der Waals surface area contributed by atoms with Gasteiger partial charge in [0.2, 0.25) is 11.9 Å². The molecule has 0 unspecified atom stereocenters. The van der Waals surface area contributed by atoms with Crippen molar-refractivity contribution < 1.29 is 23.5 Å². The molecule has 0 aliphatic rings. The predicted octanol–water partition coefficient (Wildman–Crippen LogP) is 3.49. The predicted molar refractivity (Wildman–Crippen MR) is 92.4 cm³/mol. The van der Waals surface area contributed by atoms with Gasteiger partial charge in [-0.3, -0.25) is 4.79 Å². The van der Waals surface area contributed by atoms with Crippen LogP contribution < -0.4 is 10.1 Å². The number of hydrogen-bond donors (Lipinski definition) is 1. The van der Waals surface area contributed by atoms with Crippen molar-refractivity contribution in [1.82, 2.24) is 5.32 Å². The van der Waals surface area contributed by atoms with Gasteiger partial charge in [-0.2, -0.15) is 0 Å². The second kappa shape index (κ2) is 7.88. The average molecular weight is 345 g/mol.